The first kappa shape index (κ1) is 16.2. The summed E-state index contributed by atoms with van der Waals surface area (Å²) in [6.07, 6.45) is 4.52. The van der Waals surface area contributed by atoms with E-state index in [9.17, 15) is 9.18 Å². The van der Waals surface area contributed by atoms with Crippen molar-refractivity contribution in [2.75, 3.05) is 13.1 Å². The van der Waals surface area contributed by atoms with E-state index in [1.807, 2.05) is 4.90 Å². The van der Waals surface area contributed by atoms with Gasteiger partial charge in [-0.3, -0.25) is 4.79 Å². The molecule has 0 aromatic heterocycles. The number of hydrogen-bond acceptors (Lipinski definition) is 2. The minimum atomic E-state index is -0.253. The first-order chi connectivity index (χ1) is 9.65. The van der Waals surface area contributed by atoms with Crippen LogP contribution < -0.4 is 5.32 Å². The lowest BCUT2D eigenvalue weighted by molar-refractivity contribution is 0.0728. The van der Waals surface area contributed by atoms with Crippen LogP contribution in [0, 0.1) is 12.7 Å². The molecule has 2 aliphatic rings. The van der Waals surface area contributed by atoms with Gasteiger partial charge in [0.05, 0.1) is 0 Å². The quantitative estimate of drug-likeness (QED) is 0.927. The zero-order chi connectivity index (χ0) is 14.1. The van der Waals surface area contributed by atoms with E-state index in [4.69, 9.17) is 0 Å². The number of carbonyl (C=O) groups is 1. The average Bonchev–Trinajstić information content (AvgIpc) is 3.15. The summed E-state index contributed by atoms with van der Waals surface area (Å²) >= 11 is 0. The molecule has 1 aromatic carbocycles. The minimum absolute atomic E-state index is 0. The third-order valence-electron chi connectivity index (χ3n) is 4.23. The van der Waals surface area contributed by atoms with E-state index < -0.39 is 0 Å². The Morgan fingerprint density at radius 1 is 1.38 bits per heavy atom. The molecule has 5 heteroatoms. The Kier molecular flexibility index (Phi) is 5.22. The Hall–Kier alpha value is -1.13. The van der Waals surface area contributed by atoms with E-state index in [1.54, 1.807) is 19.1 Å². The van der Waals surface area contributed by atoms with E-state index >= 15 is 0 Å². The van der Waals surface area contributed by atoms with Crippen LogP contribution in [-0.2, 0) is 0 Å². The summed E-state index contributed by atoms with van der Waals surface area (Å²) in [4.78, 5) is 14.6. The van der Waals surface area contributed by atoms with E-state index in [0.29, 0.717) is 23.2 Å². The number of carbonyl (C=O) groups excluding carboxylic acids is 1. The molecule has 1 saturated heterocycles. The van der Waals surface area contributed by atoms with Crippen LogP contribution in [-0.4, -0.2) is 36.0 Å². The lowest BCUT2D eigenvalue weighted by atomic mass is 10.1. The minimum Gasteiger partial charge on any atom is -0.334 e. The highest BCUT2D eigenvalue weighted by molar-refractivity contribution is 5.94. The number of halogens is 2. The van der Waals surface area contributed by atoms with Gasteiger partial charge in [-0.15, -0.1) is 12.4 Å². The van der Waals surface area contributed by atoms with Gasteiger partial charge in [0.2, 0.25) is 0 Å². The highest BCUT2D eigenvalue weighted by Crippen LogP contribution is 2.29. The molecule has 1 atom stereocenters. The molecule has 1 amide bonds. The maximum Gasteiger partial charge on any atom is 0.254 e. The summed E-state index contributed by atoms with van der Waals surface area (Å²) in [6.45, 7) is 3.53. The Labute approximate surface area is 131 Å². The van der Waals surface area contributed by atoms with Crippen LogP contribution in [0.3, 0.4) is 0 Å². The molecule has 1 aliphatic heterocycles. The molecular formula is C16H22ClFN2O. The van der Waals surface area contributed by atoms with Gasteiger partial charge in [-0.25, -0.2) is 4.39 Å². The van der Waals surface area contributed by atoms with Crippen molar-refractivity contribution in [1.29, 1.82) is 0 Å². The smallest absolute Gasteiger partial charge is 0.254 e. The van der Waals surface area contributed by atoms with Gasteiger partial charge < -0.3 is 10.2 Å². The largest absolute Gasteiger partial charge is 0.334 e. The second-order valence-corrected chi connectivity index (χ2v) is 5.95. The molecule has 1 aliphatic carbocycles. The van der Waals surface area contributed by atoms with Gasteiger partial charge in [-0.2, -0.15) is 0 Å². The number of amides is 1. The lowest BCUT2D eigenvalue weighted by Crippen LogP contribution is -2.42. The van der Waals surface area contributed by atoms with Crippen molar-refractivity contribution in [1.82, 2.24) is 10.2 Å². The number of nitrogens with zero attached hydrogens (tertiary/aromatic N) is 1. The van der Waals surface area contributed by atoms with Crippen LogP contribution in [0.15, 0.2) is 18.2 Å². The second kappa shape index (κ2) is 6.75. The van der Waals surface area contributed by atoms with Crippen molar-refractivity contribution < 1.29 is 9.18 Å². The maximum atomic E-state index is 13.3. The van der Waals surface area contributed by atoms with Gasteiger partial charge in [0, 0.05) is 24.2 Å². The average molecular weight is 313 g/mol. The molecule has 0 spiro atoms. The van der Waals surface area contributed by atoms with Crippen LogP contribution in [0.1, 0.15) is 41.6 Å². The van der Waals surface area contributed by atoms with Gasteiger partial charge in [-0.1, -0.05) is 0 Å². The van der Waals surface area contributed by atoms with E-state index in [0.717, 1.165) is 32.4 Å². The summed E-state index contributed by atoms with van der Waals surface area (Å²) in [5.41, 5.74) is 1.14. The predicted molar refractivity (Wildman–Crippen MR) is 83.5 cm³/mol. The summed E-state index contributed by atoms with van der Waals surface area (Å²) in [6, 6.07) is 5.45. The molecule has 1 aromatic rings. The second-order valence-electron chi connectivity index (χ2n) is 5.95. The first-order valence-electron chi connectivity index (χ1n) is 7.45. The van der Waals surface area contributed by atoms with E-state index in [2.05, 4.69) is 5.32 Å². The number of benzene rings is 1. The Morgan fingerprint density at radius 2 is 2.14 bits per heavy atom. The standard InChI is InChI=1S/C16H21FN2O.ClH/c1-11-9-12(4-7-15(11)17)16(20)19(14-5-6-14)10-13-3-2-8-18-13;/h4,7,9,13-14,18H,2-3,5-6,8,10H2,1H3;1H. The van der Waals surface area contributed by atoms with Crippen molar-refractivity contribution in [3.05, 3.63) is 35.1 Å². The van der Waals surface area contributed by atoms with E-state index in [1.165, 1.54) is 12.5 Å². The number of nitrogens with one attached hydrogen (secondary N) is 1. The normalized spacial score (nSPS) is 21.0. The number of rotatable bonds is 4. The molecule has 1 heterocycles. The van der Waals surface area contributed by atoms with Crippen LogP contribution >= 0.6 is 12.4 Å². The van der Waals surface area contributed by atoms with Crippen LogP contribution in [0.25, 0.3) is 0 Å². The highest BCUT2D eigenvalue weighted by atomic mass is 35.5. The van der Waals surface area contributed by atoms with Crippen molar-refractivity contribution in [2.45, 2.75) is 44.7 Å². The predicted octanol–water partition coefficient (Wildman–Crippen LogP) is 2.91. The summed E-state index contributed by atoms with van der Waals surface area (Å²) < 4.78 is 13.3. The molecule has 1 saturated carbocycles. The molecule has 0 bridgehead atoms. The van der Waals surface area contributed by atoms with Gasteiger partial charge >= 0.3 is 0 Å². The van der Waals surface area contributed by atoms with Crippen molar-refractivity contribution in [2.24, 2.45) is 0 Å². The third-order valence-corrected chi connectivity index (χ3v) is 4.23. The number of aryl methyl sites for hydroxylation is 1. The Balaban J connectivity index is 0.00000161. The van der Waals surface area contributed by atoms with Gasteiger partial charge in [0.15, 0.2) is 0 Å². The van der Waals surface area contributed by atoms with Crippen LogP contribution in [0.5, 0.6) is 0 Å². The van der Waals surface area contributed by atoms with Gasteiger partial charge in [0.1, 0.15) is 5.82 Å². The Bertz CT molecular complexity index is 513. The SMILES string of the molecule is Cc1cc(C(=O)N(CC2CCCN2)C2CC2)ccc1F.Cl. The van der Waals surface area contributed by atoms with Crippen LogP contribution in [0.2, 0.25) is 0 Å². The van der Waals surface area contributed by atoms with Crippen LogP contribution in [0.4, 0.5) is 4.39 Å². The topological polar surface area (TPSA) is 32.3 Å². The fourth-order valence-corrected chi connectivity index (χ4v) is 2.88. The fraction of sp³-hybridized carbons (Fsp3) is 0.562. The third kappa shape index (κ3) is 3.74. The zero-order valence-electron chi connectivity index (χ0n) is 12.3. The van der Waals surface area contributed by atoms with Crippen molar-refractivity contribution in [3.8, 4) is 0 Å². The molecule has 3 nitrogen and oxygen atoms in total. The summed E-state index contributed by atoms with van der Waals surface area (Å²) in [7, 11) is 0. The Morgan fingerprint density at radius 3 is 2.71 bits per heavy atom. The zero-order valence-corrected chi connectivity index (χ0v) is 13.1. The molecule has 21 heavy (non-hydrogen) atoms. The maximum absolute atomic E-state index is 13.3. The first-order valence-corrected chi connectivity index (χ1v) is 7.45. The molecule has 116 valence electrons. The molecule has 1 N–H and O–H groups in total. The highest BCUT2D eigenvalue weighted by Gasteiger charge is 2.35. The van der Waals surface area contributed by atoms with E-state index in [-0.39, 0.29) is 24.1 Å². The molecular weight excluding hydrogens is 291 g/mol. The number of hydrogen-bond donors (Lipinski definition) is 1. The molecule has 3 rings (SSSR count). The van der Waals surface area contributed by atoms with Crippen molar-refractivity contribution >= 4 is 18.3 Å². The monoisotopic (exact) mass is 312 g/mol. The van der Waals surface area contributed by atoms with Gasteiger partial charge in [-0.05, 0) is 62.9 Å². The van der Waals surface area contributed by atoms with Crippen molar-refractivity contribution in [3.63, 3.8) is 0 Å². The summed E-state index contributed by atoms with van der Waals surface area (Å²) in [5.74, 6) is -0.207. The fourth-order valence-electron chi connectivity index (χ4n) is 2.88. The molecule has 0 radical (unpaired) electrons. The van der Waals surface area contributed by atoms with Gasteiger partial charge in [0.25, 0.3) is 5.91 Å². The lowest BCUT2D eigenvalue weighted by Gasteiger charge is -2.26. The molecule has 2 fully saturated rings. The molecule has 1 unspecified atom stereocenters. The summed E-state index contributed by atoms with van der Waals surface area (Å²) in [5, 5.41) is 3.44.